The van der Waals surface area contributed by atoms with Gasteiger partial charge in [0.15, 0.2) is 5.78 Å². The Morgan fingerprint density at radius 1 is 1.47 bits per heavy atom. The maximum absolute atomic E-state index is 11.9. The number of hydrogen-bond acceptors (Lipinski definition) is 4. The number of nitrogens with zero attached hydrogens (tertiary/aromatic N) is 4. The van der Waals surface area contributed by atoms with Crippen molar-refractivity contribution < 1.29 is 4.79 Å². The van der Waals surface area contributed by atoms with Crippen molar-refractivity contribution in [1.29, 1.82) is 0 Å². The molecule has 2 aromatic rings. The number of aryl methyl sites for hydroxylation is 3. The molecule has 0 saturated carbocycles. The van der Waals surface area contributed by atoms with Crippen LogP contribution in [-0.4, -0.2) is 25.5 Å². The van der Waals surface area contributed by atoms with Gasteiger partial charge in [0.05, 0.1) is 6.20 Å². The topological polar surface area (TPSA) is 60.7 Å². The molecule has 2 aromatic heterocycles. The van der Waals surface area contributed by atoms with Gasteiger partial charge in [-0.05, 0) is 25.0 Å². The number of carbonyl (C=O) groups excluding carboxylic acids is 1. The third-order valence-electron chi connectivity index (χ3n) is 2.46. The van der Waals surface area contributed by atoms with E-state index in [1.54, 1.807) is 30.1 Å². The Balaban J connectivity index is 1.98. The molecule has 2 rings (SSSR count). The molecule has 2 heterocycles. The summed E-state index contributed by atoms with van der Waals surface area (Å²) in [6.07, 6.45) is 6.44. The molecule has 0 bridgehead atoms. The summed E-state index contributed by atoms with van der Waals surface area (Å²) in [6.45, 7) is 1.78. The molecule has 0 aliphatic rings. The average molecular weight is 230 g/mol. The van der Waals surface area contributed by atoms with Gasteiger partial charge in [-0.1, -0.05) is 0 Å². The Morgan fingerprint density at radius 3 is 2.94 bits per heavy atom. The Hall–Kier alpha value is -2.04. The van der Waals surface area contributed by atoms with Gasteiger partial charge in [-0.3, -0.25) is 9.48 Å². The molecule has 88 valence electrons. The quantitative estimate of drug-likeness (QED) is 0.743. The molecular weight excluding hydrogens is 216 g/mol. The predicted molar refractivity (Wildman–Crippen MR) is 62.6 cm³/mol. The van der Waals surface area contributed by atoms with Crippen LogP contribution in [0.2, 0.25) is 0 Å². The fourth-order valence-corrected chi connectivity index (χ4v) is 1.60. The normalized spacial score (nSPS) is 10.5. The third-order valence-corrected chi connectivity index (χ3v) is 2.46. The van der Waals surface area contributed by atoms with Crippen molar-refractivity contribution in [2.75, 3.05) is 0 Å². The van der Waals surface area contributed by atoms with Crippen LogP contribution in [0.4, 0.5) is 0 Å². The van der Waals surface area contributed by atoms with Crippen molar-refractivity contribution in [2.24, 2.45) is 7.05 Å². The monoisotopic (exact) mass is 230 g/mol. The minimum absolute atomic E-state index is 0.0411. The molecule has 5 heteroatoms. The predicted octanol–water partition coefficient (Wildman–Crippen LogP) is 1.33. The highest BCUT2D eigenvalue weighted by atomic mass is 16.1. The van der Waals surface area contributed by atoms with Crippen LogP contribution in [0.1, 0.15) is 28.3 Å². The summed E-state index contributed by atoms with van der Waals surface area (Å²) in [5.74, 6) is 0.664. The highest BCUT2D eigenvalue weighted by molar-refractivity contribution is 5.94. The van der Waals surface area contributed by atoms with Crippen LogP contribution in [0.25, 0.3) is 0 Å². The first-order valence-electron chi connectivity index (χ1n) is 5.45. The standard InChI is InChI=1S/C12H14N4O/c1-9-13-6-5-11(15-9)12(17)4-3-10-7-14-16(2)8-10/h5-8H,3-4H2,1-2H3. The van der Waals surface area contributed by atoms with Crippen LogP contribution >= 0.6 is 0 Å². The Bertz CT molecular complexity index is 533. The summed E-state index contributed by atoms with van der Waals surface area (Å²) >= 11 is 0. The van der Waals surface area contributed by atoms with Crippen LogP contribution in [0.5, 0.6) is 0 Å². The van der Waals surface area contributed by atoms with Crippen LogP contribution < -0.4 is 0 Å². The smallest absolute Gasteiger partial charge is 0.181 e. The summed E-state index contributed by atoms with van der Waals surface area (Å²) in [4.78, 5) is 19.9. The minimum atomic E-state index is 0.0411. The SMILES string of the molecule is Cc1nccc(C(=O)CCc2cnn(C)c2)n1. The van der Waals surface area contributed by atoms with Gasteiger partial charge in [0.2, 0.25) is 0 Å². The highest BCUT2D eigenvalue weighted by Crippen LogP contribution is 2.06. The second-order valence-electron chi connectivity index (χ2n) is 3.93. The van der Waals surface area contributed by atoms with Gasteiger partial charge in [0.25, 0.3) is 0 Å². The molecule has 0 atom stereocenters. The third kappa shape index (κ3) is 2.96. The second kappa shape index (κ2) is 4.86. The van der Waals surface area contributed by atoms with E-state index in [-0.39, 0.29) is 5.78 Å². The summed E-state index contributed by atoms with van der Waals surface area (Å²) in [5, 5.41) is 4.06. The molecule has 0 N–H and O–H groups in total. The lowest BCUT2D eigenvalue weighted by atomic mass is 10.1. The molecule has 0 amide bonds. The van der Waals surface area contributed by atoms with E-state index in [0.29, 0.717) is 24.4 Å². The summed E-state index contributed by atoms with van der Waals surface area (Å²) in [7, 11) is 1.86. The number of hydrogen-bond donors (Lipinski definition) is 0. The second-order valence-corrected chi connectivity index (χ2v) is 3.93. The number of aromatic nitrogens is 4. The van der Waals surface area contributed by atoms with Gasteiger partial charge in [-0.2, -0.15) is 5.10 Å². The fraction of sp³-hybridized carbons (Fsp3) is 0.333. The van der Waals surface area contributed by atoms with Crippen LogP contribution in [-0.2, 0) is 13.5 Å². The molecule has 0 radical (unpaired) electrons. The van der Waals surface area contributed by atoms with Gasteiger partial charge in [-0.25, -0.2) is 9.97 Å². The number of Topliss-reactive ketones (excluding diaryl/α,β-unsaturated/α-hetero) is 1. The Kier molecular flexibility index (Phi) is 3.27. The maximum atomic E-state index is 11.9. The van der Waals surface area contributed by atoms with E-state index in [1.165, 1.54) is 0 Å². The van der Waals surface area contributed by atoms with Crippen molar-refractivity contribution in [2.45, 2.75) is 19.8 Å². The zero-order valence-corrected chi connectivity index (χ0v) is 9.92. The highest BCUT2D eigenvalue weighted by Gasteiger charge is 2.08. The molecule has 0 saturated heterocycles. The summed E-state index contributed by atoms with van der Waals surface area (Å²) < 4.78 is 1.73. The van der Waals surface area contributed by atoms with Crippen molar-refractivity contribution >= 4 is 5.78 Å². The van der Waals surface area contributed by atoms with E-state index in [2.05, 4.69) is 15.1 Å². The van der Waals surface area contributed by atoms with E-state index in [1.807, 2.05) is 13.2 Å². The molecule has 0 aliphatic heterocycles. The molecule has 0 unspecified atom stereocenters. The van der Waals surface area contributed by atoms with Gasteiger partial charge < -0.3 is 0 Å². The molecule has 5 nitrogen and oxygen atoms in total. The summed E-state index contributed by atoms with van der Waals surface area (Å²) in [6, 6.07) is 1.65. The van der Waals surface area contributed by atoms with Gasteiger partial charge in [-0.15, -0.1) is 0 Å². The molecule has 0 aliphatic carbocycles. The first kappa shape index (κ1) is 11.4. The summed E-state index contributed by atoms with van der Waals surface area (Å²) in [5.41, 5.74) is 1.55. The zero-order valence-electron chi connectivity index (χ0n) is 9.92. The lowest BCUT2D eigenvalue weighted by Gasteiger charge is -1.99. The largest absolute Gasteiger partial charge is 0.292 e. The van der Waals surface area contributed by atoms with Gasteiger partial charge >= 0.3 is 0 Å². The lowest BCUT2D eigenvalue weighted by Crippen LogP contribution is -2.05. The van der Waals surface area contributed by atoms with Crippen molar-refractivity contribution in [3.63, 3.8) is 0 Å². The van der Waals surface area contributed by atoms with E-state index in [4.69, 9.17) is 0 Å². The van der Waals surface area contributed by atoms with Crippen molar-refractivity contribution in [3.05, 3.63) is 41.7 Å². The van der Waals surface area contributed by atoms with Gasteiger partial charge in [0.1, 0.15) is 11.5 Å². The molecule has 17 heavy (non-hydrogen) atoms. The van der Waals surface area contributed by atoms with E-state index in [9.17, 15) is 4.79 Å². The molecule has 0 spiro atoms. The molecule has 0 fully saturated rings. The average Bonchev–Trinajstić information content (AvgIpc) is 2.72. The zero-order chi connectivity index (χ0) is 12.3. The van der Waals surface area contributed by atoms with Crippen LogP contribution in [0, 0.1) is 6.92 Å². The first-order chi connectivity index (χ1) is 8.15. The number of rotatable bonds is 4. The first-order valence-corrected chi connectivity index (χ1v) is 5.45. The van der Waals surface area contributed by atoms with Crippen LogP contribution in [0.15, 0.2) is 24.7 Å². The van der Waals surface area contributed by atoms with Crippen LogP contribution in [0.3, 0.4) is 0 Å². The van der Waals surface area contributed by atoms with Crippen molar-refractivity contribution in [1.82, 2.24) is 19.7 Å². The van der Waals surface area contributed by atoms with E-state index < -0.39 is 0 Å². The Labute approximate surface area is 99.5 Å². The Morgan fingerprint density at radius 2 is 2.29 bits per heavy atom. The van der Waals surface area contributed by atoms with Crippen molar-refractivity contribution in [3.8, 4) is 0 Å². The van der Waals surface area contributed by atoms with E-state index in [0.717, 1.165) is 5.56 Å². The fourth-order valence-electron chi connectivity index (χ4n) is 1.60. The maximum Gasteiger partial charge on any atom is 0.181 e. The minimum Gasteiger partial charge on any atom is -0.292 e. The number of carbonyl (C=O) groups is 1. The van der Waals surface area contributed by atoms with Gasteiger partial charge in [0, 0.05) is 25.9 Å². The van der Waals surface area contributed by atoms with E-state index >= 15 is 0 Å². The lowest BCUT2D eigenvalue weighted by molar-refractivity contribution is 0.0977. The molecule has 0 aromatic carbocycles. The number of ketones is 1. The molecular formula is C12H14N4O.